The maximum absolute atomic E-state index is 13.3. The van der Waals surface area contributed by atoms with Gasteiger partial charge in [-0.1, -0.05) is 13.8 Å². The Morgan fingerprint density at radius 1 is 1.15 bits per heavy atom. The Bertz CT molecular complexity index is 1170. The number of aromatic nitrogens is 2. The number of aliphatic hydroxyl groups is 1. The molecule has 34 heavy (non-hydrogen) atoms. The number of carbonyl (C=O) groups is 1. The van der Waals surface area contributed by atoms with E-state index in [1.165, 1.54) is 12.8 Å². The number of nitrogens with zero attached hydrogens (tertiary/aromatic N) is 3. The fourth-order valence-electron chi connectivity index (χ4n) is 4.40. The lowest BCUT2D eigenvalue weighted by Crippen LogP contribution is -2.35. The number of sulfonamides is 1. The van der Waals surface area contributed by atoms with Crippen LogP contribution in [-0.4, -0.2) is 54.8 Å². The summed E-state index contributed by atoms with van der Waals surface area (Å²) in [5.41, 5.74) is 2.75. The van der Waals surface area contributed by atoms with Crippen molar-refractivity contribution in [2.75, 3.05) is 40.4 Å². The van der Waals surface area contributed by atoms with Crippen molar-refractivity contribution in [3.05, 3.63) is 41.3 Å². The van der Waals surface area contributed by atoms with Gasteiger partial charge >= 0.3 is 0 Å². The highest BCUT2D eigenvalue weighted by atomic mass is 32.2. The lowest BCUT2D eigenvalue weighted by atomic mass is 9.93. The molecule has 184 valence electrons. The van der Waals surface area contributed by atoms with Gasteiger partial charge in [-0.05, 0) is 56.2 Å². The molecule has 0 radical (unpaired) electrons. The molecule has 1 aromatic heterocycles. The third kappa shape index (κ3) is 5.67. The van der Waals surface area contributed by atoms with Gasteiger partial charge in [0.15, 0.2) is 0 Å². The van der Waals surface area contributed by atoms with Gasteiger partial charge in [-0.25, -0.2) is 18.4 Å². The molecule has 3 N–H and O–H groups in total. The predicted molar refractivity (Wildman–Crippen MR) is 133 cm³/mol. The van der Waals surface area contributed by atoms with Gasteiger partial charge in [0.05, 0.1) is 29.3 Å². The summed E-state index contributed by atoms with van der Waals surface area (Å²) in [4.78, 5) is 24.4. The fraction of sp³-hybridized carbons (Fsp3) is 0.542. The quantitative estimate of drug-likeness (QED) is 0.522. The van der Waals surface area contributed by atoms with Gasteiger partial charge in [0.25, 0.3) is 5.91 Å². The highest BCUT2D eigenvalue weighted by molar-refractivity contribution is 7.92. The number of anilines is 3. The van der Waals surface area contributed by atoms with Crippen molar-refractivity contribution in [1.29, 1.82) is 0 Å². The summed E-state index contributed by atoms with van der Waals surface area (Å²) in [6, 6.07) is 6.66. The van der Waals surface area contributed by atoms with Crippen molar-refractivity contribution >= 4 is 33.1 Å². The minimum Gasteiger partial charge on any atom is -0.395 e. The number of amides is 1. The van der Waals surface area contributed by atoms with E-state index in [9.17, 15) is 13.2 Å². The first kappa shape index (κ1) is 24.4. The average molecular weight is 488 g/mol. The van der Waals surface area contributed by atoms with E-state index in [4.69, 9.17) is 5.11 Å². The highest BCUT2D eigenvalue weighted by Gasteiger charge is 2.44. The second-order valence-electron chi connectivity index (χ2n) is 9.73. The zero-order valence-corrected chi connectivity index (χ0v) is 20.8. The van der Waals surface area contributed by atoms with Gasteiger partial charge in [-0.15, -0.1) is 0 Å². The Hall–Kier alpha value is -2.72. The minimum atomic E-state index is -3.68. The third-order valence-electron chi connectivity index (χ3n) is 6.63. The summed E-state index contributed by atoms with van der Waals surface area (Å²) in [6.07, 6.45) is 4.66. The van der Waals surface area contributed by atoms with Gasteiger partial charge in [-0.3, -0.25) is 9.52 Å². The summed E-state index contributed by atoms with van der Waals surface area (Å²) < 4.78 is 26.9. The van der Waals surface area contributed by atoms with Gasteiger partial charge in [-0.2, -0.15) is 0 Å². The summed E-state index contributed by atoms with van der Waals surface area (Å²) in [6.45, 7) is 7.03. The van der Waals surface area contributed by atoms with Crippen molar-refractivity contribution < 1.29 is 18.3 Å². The molecule has 1 aromatic carbocycles. The second-order valence-corrected chi connectivity index (χ2v) is 11.6. The number of carbonyl (C=O) groups excluding carboxylic acids is 1. The van der Waals surface area contributed by atoms with Gasteiger partial charge in [0.2, 0.25) is 10.0 Å². The van der Waals surface area contributed by atoms with Crippen LogP contribution in [0.1, 0.15) is 67.3 Å². The van der Waals surface area contributed by atoms with Crippen molar-refractivity contribution in [2.45, 2.75) is 52.4 Å². The molecule has 1 saturated carbocycles. The number of hydrogen-bond donors (Lipinski definition) is 3. The van der Waals surface area contributed by atoms with E-state index in [1.807, 2.05) is 20.8 Å². The van der Waals surface area contributed by atoms with E-state index in [2.05, 4.69) is 24.9 Å². The van der Waals surface area contributed by atoms with Crippen LogP contribution < -0.4 is 14.9 Å². The smallest absolute Gasteiger partial charge is 0.258 e. The topological polar surface area (TPSA) is 125 Å². The molecule has 0 atom stereocenters. The molecular formula is C24H33N5O4S. The van der Waals surface area contributed by atoms with Crippen LogP contribution in [0.15, 0.2) is 24.3 Å². The highest BCUT2D eigenvalue weighted by Crippen LogP contribution is 2.54. The maximum Gasteiger partial charge on any atom is 0.258 e. The van der Waals surface area contributed by atoms with Crippen molar-refractivity contribution in [1.82, 2.24) is 9.97 Å². The Balaban J connectivity index is 1.63. The first-order valence-electron chi connectivity index (χ1n) is 11.8. The number of benzene rings is 1. The number of nitrogens with one attached hydrogen (secondary N) is 2. The molecule has 2 heterocycles. The third-order valence-corrected chi connectivity index (χ3v) is 7.89. The molecule has 1 aliphatic heterocycles. The number of aliphatic hydroxyl groups excluding tert-OH is 1. The van der Waals surface area contributed by atoms with E-state index in [-0.39, 0.29) is 17.6 Å². The number of aryl methyl sites for hydroxylation is 1. The second kappa shape index (κ2) is 9.50. The molecule has 1 saturated heterocycles. The van der Waals surface area contributed by atoms with Crippen LogP contribution in [0, 0.1) is 12.3 Å². The van der Waals surface area contributed by atoms with Crippen LogP contribution in [0.4, 0.5) is 17.2 Å². The zero-order valence-electron chi connectivity index (χ0n) is 20.0. The molecule has 0 bridgehead atoms. The lowest BCUT2D eigenvalue weighted by molar-refractivity contribution is 0.102. The molecular weight excluding hydrogens is 454 g/mol. The molecule has 0 unspecified atom stereocenters. The normalized spacial score (nSPS) is 17.1. The van der Waals surface area contributed by atoms with Gasteiger partial charge < -0.3 is 15.3 Å². The fourth-order valence-corrected chi connectivity index (χ4v) is 5.22. The molecule has 4 rings (SSSR count). The molecule has 1 spiro atoms. The predicted octanol–water partition coefficient (Wildman–Crippen LogP) is 3.28. The SMILES string of the molecule is Cc1cc(NC(=O)c2ccc(NS(=O)(=O)CCO)cc2N2CCC3(CC2)CC3)nc(C(C)C)n1. The van der Waals surface area contributed by atoms with Gasteiger partial charge in [0, 0.05) is 30.8 Å². The molecule has 2 aromatic rings. The number of rotatable bonds is 8. The van der Waals surface area contributed by atoms with E-state index < -0.39 is 16.6 Å². The standard InChI is InChI=1S/C24H33N5O4S/c1-16(2)22-25-17(3)14-21(26-22)27-23(31)19-5-4-18(28-34(32,33)13-12-30)15-20(19)29-10-8-24(6-7-24)9-11-29/h4-5,14-16,28,30H,6-13H2,1-3H3,(H,25,26,27,31). The van der Waals surface area contributed by atoms with Crippen molar-refractivity contribution in [3.8, 4) is 0 Å². The van der Waals surface area contributed by atoms with Crippen LogP contribution >= 0.6 is 0 Å². The van der Waals surface area contributed by atoms with Crippen molar-refractivity contribution in [2.24, 2.45) is 5.41 Å². The molecule has 9 nitrogen and oxygen atoms in total. The molecule has 1 aliphatic carbocycles. The average Bonchev–Trinajstić information content (AvgIpc) is 3.52. The van der Waals surface area contributed by atoms with Crippen LogP contribution in [0.3, 0.4) is 0 Å². The lowest BCUT2D eigenvalue weighted by Gasteiger charge is -2.35. The zero-order chi connectivity index (χ0) is 24.5. The largest absolute Gasteiger partial charge is 0.395 e. The Kier molecular flexibility index (Phi) is 6.82. The van der Waals surface area contributed by atoms with Gasteiger partial charge in [0.1, 0.15) is 11.6 Å². The first-order valence-corrected chi connectivity index (χ1v) is 13.4. The molecule has 2 aliphatic rings. The Morgan fingerprint density at radius 2 is 1.85 bits per heavy atom. The Labute approximate surface area is 201 Å². The first-order chi connectivity index (χ1) is 16.1. The molecule has 1 amide bonds. The van der Waals surface area contributed by atoms with E-state index in [0.29, 0.717) is 34.0 Å². The monoisotopic (exact) mass is 487 g/mol. The minimum absolute atomic E-state index is 0.125. The number of piperidine rings is 1. The summed E-state index contributed by atoms with van der Waals surface area (Å²) in [5, 5.41) is 11.9. The van der Waals surface area contributed by atoms with Crippen molar-refractivity contribution in [3.63, 3.8) is 0 Å². The van der Waals surface area contributed by atoms with E-state index >= 15 is 0 Å². The Morgan fingerprint density at radius 3 is 2.47 bits per heavy atom. The maximum atomic E-state index is 13.3. The molecule has 2 fully saturated rings. The van der Waals surface area contributed by atoms with Crippen LogP contribution in [0.2, 0.25) is 0 Å². The van der Waals surface area contributed by atoms with Crippen LogP contribution in [-0.2, 0) is 10.0 Å². The van der Waals surface area contributed by atoms with E-state index in [0.717, 1.165) is 31.6 Å². The molecule has 10 heteroatoms. The summed E-state index contributed by atoms with van der Waals surface area (Å²) >= 11 is 0. The number of hydrogen-bond acceptors (Lipinski definition) is 7. The van der Waals surface area contributed by atoms with Crippen LogP contribution in [0.25, 0.3) is 0 Å². The summed E-state index contributed by atoms with van der Waals surface area (Å²) in [5.74, 6) is 0.535. The van der Waals surface area contributed by atoms with E-state index in [1.54, 1.807) is 24.3 Å². The summed E-state index contributed by atoms with van der Waals surface area (Å²) in [7, 11) is -3.68. The van der Waals surface area contributed by atoms with Crippen LogP contribution in [0.5, 0.6) is 0 Å².